The van der Waals surface area contributed by atoms with Crippen LogP contribution in [0.5, 0.6) is 5.75 Å². The lowest BCUT2D eigenvalue weighted by Gasteiger charge is -2.36. The third-order valence-electron chi connectivity index (χ3n) is 7.16. The molecule has 0 radical (unpaired) electrons. The number of nitrogens with zero attached hydrogens (tertiary/aromatic N) is 1. The molecule has 0 bridgehead atoms. The summed E-state index contributed by atoms with van der Waals surface area (Å²) in [6.45, 7) is 0.761. The van der Waals surface area contributed by atoms with Crippen molar-refractivity contribution in [2.75, 3.05) is 19.8 Å². The molecule has 3 aliphatic rings. The van der Waals surface area contributed by atoms with Crippen LogP contribution in [0.2, 0.25) is 0 Å². The maximum atomic E-state index is 13.6. The second kappa shape index (κ2) is 9.18. The highest BCUT2D eigenvalue weighted by atomic mass is 19.4. The fraction of sp³-hybridized carbons (Fsp3) is 0.542. The Kier molecular flexibility index (Phi) is 6.20. The molecule has 2 fully saturated rings. The van der Waals surface area contributed by atoms with E-state index in [2.05, 4.69) is 15.0 Å². The van der Waals surface area contributed by atoms with Gasteiger partial charge >= 0.3 is 6.36 Å². The molecule has 11 heteroatoms. The van der Waals surface area contributed by atoms with Crippen molar-refractivity contribution in [3.05, 3.63) is 29.5 Å². The lowest BCUT2D eigenvalue weighted by atomic mass is 9.77. The molecule has 8 nitrogen and oxygen atoms in total. The van der Waals surface area contributed by atoms with Crippen molar-refractivity contribution in [2.24, 2.45) is 11.8 Å². The number of fused-ring (bicyclic) bond motifs is 3. The smallest absolute Gasteiger partial charge is 0.404 e. The Balaban J connectivity index is 1.34. The van der Waals surface area contributed by atoms with E-state index in [1.54, 1.807) is 11.0 Å². The van der Waals surface area contributed by atoms with Crippen molar-refractivity contribution in [1.29, 1.82) is 0 Å². The van der Waals surface area contributed by atoms with Crippen LogP contribution in [0.15, 0.2) is 18.2 Å². The van der Waals surface area contributed by atoms with Gasteiger partial charge < -0.3 is 24.7 Å². The molecule has 3 atom stereocenters. The Bertz CT molecular complexity index is 1160. The molecule has 2 aromatic rings. The molecule has 1 aromatic heterocycles. The molecule has 5 rings (SSSR count). The number of carbonyl (C=O) groups is 3. The quantitative estimate of drug-likeness (QED) is 0.682. The number of ketones is 1. The first-order valence-corrected chi connectivity index (χ1v) is 11.8. The molecular weight excluding hydrogens is 467 g/mol. The molecule has 1 saturated heterocycles. The lowest BCUT2D eigenvalue weighted by Crippen LogP contribution is -2.49. The number of H-pyrrole nitrogens is 1. The van der Waals surface area contributed by atoms with Gasteiger partial charge in [-0.3, -0.25) is 14.4 Å². The first kappa shape index (κ1) is 23.7. The first-order valence-electron chi connectivity index (χ1n) is 11.8. The Morgan fingerprint density at radius 3 is 2.66 bits per heavy atom. The van der Waals surface area contributed by atoms with Crippen LogP contribution in [-0.4, -0.2) is 59.6 Å². The summed E-state index contributed by atoms with van der Waals surface area (Å²) in [5.74, 6) is -1.95. The molecule has 1 aromatic carbocycles. The molecule has 0 spiro atoms. The lowest BCUT2D eigenvalue weighted by molar-refractivity contribution is -0.274. The zero-order chi connectivity index (χ0) is 24.7. The normalized spacial score (nSPS) is 24.9. The fourth-order valence-electron chi connectivity index (χ4n) is 5.46. The summed E-state index contributed by atoms with van der Waals surface area (Å²) in [5, 5.41) is 3.33. The van der Waals surface area contributed by atoms with Crippen LogP contribution in [0.3, 0.4) is 0 Å². The standard InChI is InChI=1S/C24H26F3N3O5/c25-24(26,27)35-20-7-3-6-13-16-10-30(9-8-17(16)28-21(13)20)23(33)15-5-2-1-4-14(15)22(32)29-18-11-34-12-19(18)31/h3,6-7,14-15,18,28H,1-2,4-5,8-12H2,(H,29,32). The Hall–Kier alpha value is -3.08. The summed E-state index contributed by atoms with van der Waals surface area (Å²) >= 11 is 0. The molecule has 3 heterocycles. The number of benzene rings is 1. The number of nitrogens with one attached hydrogen (secondary N) is 2. The van der Waals surface area contributed by atoms with E-state index in [4.69, 9.17) is 4.74 Å². The number of alkyl halides is 3. The van der Waals surface area contributed by atoms with E-state index in [9.17, 15) is 27.6 Å². The summed E-state index contributed by atoms with van der Waals surface area (Å²) in [7, 11) is 0. The average Bonchev–Trinajstić information content (AvgIpc) is 3.41. The van der Waals surface area contributed by atoms with Crippen LogP contribution in [-0.2, 0) is 32.1 Å². The number of aromatic amines is 1. The van der Waals surface area contributed by atoms with Crippen LogP contribution in [0, 0.1) is 11.8 Å². The van der Waals surface area contributed by atoms with Gasteiger partial charge in [-0.2, -0.15) is 0 Å². The SMILES string of the molecule is O=C1COCC1NC(=O)C1CCCCC1C(=O)N1CCc2[nH]c3c(OC(F)(F)F)cccc3c2C1. The summed E-state index contributed by atoms with van der Waals surface area (Å²) in [5.41, 5.74) is 1.79. The maximum Gasteiger partial charge on any atom is 0.573 e. The van der Waals surface area contributed by atoms with Crippen LogP contribution < -0.4 is 10.1 Å². The van der Waals surface area contributed by atoms with Crippen LogP contribution >= 0.6 is 0 Å². The van der Waals surface area contributed by atoms with E-state index in [0.29, 0.717) is 31.2 Å². The Labute approximate surface area is 199 Å². The Morgan fingerprint density at radius 1 is 1.17 bits per heavy atom. The van der Waals surface area contributed by atoms with Gasteiger partial charge in [0.2, 0.25) is 11.8 Å². The number of aromatic nitrogens is 1. The van der Waals surface area contributed by atoms with E-state index in [1.807, 2.05) is 0 Å². The van der Waals surface area contributed by atoms with E-state index in [0.717, 1.165) is 24.1 Å². The monoisotopic (exact) mass is 493 g/mol. The molecule has 188 valence electrons. The number of rotatable bonds is 4. The summed E-state index contributed by atoms with van der Waals surface area (Å²) in [4.78, 5) is 43.1. The third kappa shape index (κ3) is 4.73. The molecule has 2 amide bonds. The van der Waals surface area contributed by atoms with Crippen molar-refractivity contribution >= 4 is 28.5 Å². The van der Waals surface area contributed by atoms with Gasteiger partial charge in [0.1, 0.15) is 12.6 Å². The second-order valence-electron chi connectivity index (χ2n) is 9.36. The van der Waals surface area contributed by atoms with Gasteiger partial charge in [0.05, 0.1) is 12.1 Å². The van der Waals surface area contributed by atoms with E-state index < -0.39 is 24.2 Å². The number of Topliss-reactive ketones (excluding diaryl/α,β-unsaturated/α-hetero) is 1. The van der Waals surface area contributed by atoms with Crippen molar-refractivity contribution < 1.29 is 37.0 Å². The highest BCUT2D eigenvalue weighted by Gasteiger charge is 2.40. The zero-order valence-electron chi connectivity index (χ0n) is 19.0. The highest BCUT2D eigenvalue weighted by molar-refractivity contribution is 5.94. The molecule has 2 N–H and O–H groups in total. The number of halogens is 3. The number of amides is 2. The molecule has 2 aliphatic heterocycles. The van der Waals surface area contributed by atoms with Gasteiger partial charge in [-0.1, -0.05) is 25.0 Å². The maximum absolute atomic E-state index is 13.6. The van der Waals surface area contributed by atoms with Crippen LogP contribution in [0.1, 0.15) is 36.9 Å². The van der Waals surface area contributed by atoms with Crippen molar-refractivity contribution in [3.63, 3.8) is 0 Å². The van der Waals surface area contributed by atoms with Crippen LogP contribution in [0.4, 0.5) is 13.2 Å². The molecule has 1 saturated carbocycles. The van der Waals surface area contributed by atoms with Gasteiger partial charge in [0, 0.05) is 48.0 Å². The van der Waals surface area contributed by atoms with Gasteiger partial charge in [0.25, 0.3) is 0 Å². The summed E-state index contributed by atoms with van der Waals surface area (Å²) in [6.07, 6.45) is -1.56. The molecule has 35 heavy (non-hydrogen) atoms. The van der Waals surface area contributed by atoms with E-state index in [-0.39, 0.29) is 48.6 Å². The van der Waals surface area contributed by atoms with Gasteiger partial charge in [-0.15, -0.1) is 13.2 Å². The number of carbonyl (C=O) groups excluding carboxylic acids is 3. The fourth-order valence-corrected chi connectivity index (χ4v) is 5.46. The summed E-state index contributed by atoms with van der Waals surface area (Å²) < 4.78 is 47.8. The van der Waals surface area contributed by atoms with Gasteiger partial charge in [-0.05, 0) is 18.9 Å². The zero-order valence-corrected chi connectivity index (χ0v) is 19.0. The predicted molar refractivity (Wildman–Crippen MR) is 117 cm³/mol. The minimum absolute atomic E-state index is 0.0194. The highest BCUT2D eigenvalue weighted by Crippen LogP contribution is 2.37. The molecule has 3 unspecified atom stereocenters. The van der Waals surface area contributed by atoms with E-state index in [1.165, 1.54) is 12.1 Å². The topological polar surface area (TPSA) is 101 Å². The predicted octanol–water partition coefficient (Wildman–Crippen LogP) is 2.84. The Morgan fingerprint density at radius 2 is 1.94 bits per heavy atom. The average molecular weight is 493 g/mol. The molecular formula is C24H26F3N3O5. The van der Waals surface area contributed by atoms with Crippen molar-refractivity contribution in [1.82, 2.24) is 15.2 Å². The number of hydrogen-bond acceptors (Lipinski definition) is 5. The van der Waals surface area contributed by atoms with Crippen LogP contribution in [0.25, 0.3) is 10.9 Å². The van der Waals surface area contributed by atoms with Crippen molar-refractivity contribution in [2.45, 2.75) is 51.1 Å². The minimum atomic E-state index is -4.81. The summed E-state index contributed by atoms with van der Waals surface area (Å²) in [6, 6.07) is 3.79. The number of hydrogen-bond donors (Lipinski definition) is 2. The second-order valence-corrected chi connectivity index (χ2v) is 9.36. The van der Waals surface area contributed by atoms with E-state index >= 15 is 0 Å². The van der Waals surface area contributed by atoms with Gasteiger partial charge in [0.15, 0.2) is 11.5 Å². The largest absolute Gasteiger partial charge is 0.573 e. The number of para-hydroxylation sites is 1. The minimum Gasteiger partial charge on any atom is -0.404 e. The first-order chi connectivity index (χ1) is 16.7. The van der Waals surface area contributed by atoms with Crippen molar-refractivity contribution in [3.8, 4) is 5.75 Å². The molecule has 1 aliphatic carbocycles. The number of ether oxygens (including phenoxy) is 2. The third-order valence-corrected chi connectivity index (χ3v) is 7.16. The van der Waals surface area contributed by atoms with Gasteiger partial charge in [-0.25, -0.2) is 0 Å².